The lowest BCUT2D eigenvalue weighted by atomic mass is 10.0. The second-order valence-corrected chi connectivity index (χ2v) is 7.22. The van der Waals surface area contributed by atoms with Gasteiger partial charge >= 0.3 is 6.03 Å². The molecule has 1 heterocycles. The van der Waals surface area contributed by atoms with Crippen molar-refractivity contribution in [3.63, 3.8) is 0 Å². The smallest absolute Gasteiger partial charge is 0.335 e. The summed E-state index contributed by atoms with van der Waals surface area (Å²) in [5, 5.41) is 12.7. The molecule has 0 aliphatic carbocycles. The van der Waals surface area contributed by atoms with Gasteiger partial charge in [-0.05, 0) is 69.2 Å². The Morgan fingerprint density at radius 1 is 1.00 bits per heavy atom. The average Bonchev–Trinajstić information content (AvgIpc) is 2.66. The molecule has 3 rings (SSSR count). The van der Waals surface area contributed by atoms with Crippen LogP contribution in [0.4, 0.5) is 16.2 Å². The normalized spacial score (nSPS) is 15.5. The summed E-state index contributed by atoms with van der Waals surface area (Å²) in [6.45, 7) is 9.31. The lowest BCUT2D eigenvalue weighted by Gasteiger charge is -2.27. The monoisotopic (exact) mass is 407 g/mol. The van der Waals surface area contributed by atoms with E-state index in [1.165, 1.54) is 6.08 Å². The highest BCUT2D eigenvalue weighted by Gasteiger charge is 2.37. The number of urea groups is 1. The van der Waals surface area contributed by atoms with Gasteiger partial charge in [0.05, 0.1) is 5.69 Å². The Labute approximate surface area is 175 Å². The number of rotatable bonds is 5. The Hall–Kier alpha value is -3.61. The maximum Gasteiger partial charge on any atom is 0.335 e. The standard InChI is InChI=1S/C23H25N3O4/c1-5-25(6-2)17-8-7-16(20(27)13-17)12-19-21(28)24-23(30)26(22(19)29)18-10-14(3)9-15(4)11-18/h7-13,27H,5-6H2,1-4H3,(H,24,28,30)/b19-12+. The number of barbiturate groups is 1. The summed E-state index contributed by atoms with van der Waals surface area (Å²) in [6, 6.07) is 9.59. The number of carbonyl (C=O) groups is 3. The fourth-order valence-corrected chi connectivity index (χ4v) is 3.57. The molecule has 0 unspecified atom stereocenters. The topological polar surface area (TPSA) is 90.0 Å². The van der Waals surface area contributed by atoms with Crippen molar-refractivity contribution < 1.29 is 19.5 Å². The number of nitrogens with one attached hydrogen (secondary N) is 1. The minimum absolute atomic E-state index is 0.0534. The first kappa shape index (κ1) is 21.1. The molecule has 0 radical (unpaired) electrons. The molecule has 0 bridgehead atoms. The van der Waals surface area contributed by atoms with E-state index in [4.69, 9.17) is 0 Å². The van der Waals surface area contributed by atoms with Gasteiger partial charge in [0, 0.05) is 30.4 Å². The summed E-state index contributed by atoms with van der Waals surface area (Å²) < 4.78 is 0. The van der Waals surface area contributed by atoms with Crippen LogP contribution in [0.1, 0.15) is 30.5 Å². The van der Waals surface area contributed by atoms with Crippen LogP contribution in [0.5, 0.6) is 5.75 Å². The van der Waals surface area contributed by atoms with Crippen LogP contribution in [-0.2, 0) is 9.59 Å². The van der Waals surface area contributed by atoms with Crippen molar-refractivity contribution in [2.24, 2.45) is 0 Å². The van der Waals surface area contributed by atoms with Gasteiger partial charge in [-0.25, -0.2) is 9.69 Å². The fraction of sp³-hybridized carbons (Fsp3) is 0.261. The van der Waals surface area contributed by atoms with Gasteiger partial charge in [0.1, 0.15) is 11.3 Å². The maximum atomic E-state index is 13.0. The summed E-state index contributed by atoms with van der Waals surface area (Å²) >= 11 is 0. The molecule has 7 nitrogen and oxygen atoms in total. The first-order valence-corrected chi connectivity index (χ1v) is 9.82. The molecule has 1 aliphatic heterocycles. The number of nitrogens with zero attached hydrogens (tertiary/aromatic N) is 2. The number of imide groups is 2. The van der Waals surface area contributed by atoms with Crippen LogP contribution >= 0.6 is 0 Å². The van der Waals surface area contributed by atoms with Crippen molar-refractivity contribution >= 4 is 35.3 Å². The number of aryl methyl sites for hydroxylation is 2. The highest BCUT2D eigenvalue weighted by atomic mass is 16.3. The van der Waals surface area contributed by atoms with E-state index in [1.54, 1.807) is 24.3 Å². The van der Waals surface area contributed by atoms with E-state index in [9.17, 15) is 19.5 Å². The Balaban J connectivity index is 2.00. The van der Waals surface area contributed by atoms with Crippen molar-refractivity contribution in [3.05, 3.63) is 58.7 Å². The summed E-state index contributed by atoms with van der Waals surface area (Å²) in [4.78, 5) is 40.8. The molecule has 2 N–H and O–H groups in total. The molecule has 0 atom stereocenters. The molecule has 0 aromatic heterocycles. The number of anilines is 2. The third-order valence-electron chi connectivity index (χ3n) is 5.01. The molecule has 1 aliphatic rings. The highest BCUT2D eigenvalue weighted by Crippen LogP contribution is 2.29. The van der Waals surface area contributed by atoms with E-state index in [2.05, 4.69) is 10.2 Å². The van der Waals surface area contributed by atoms with Crippen LogP contribution in [-0.4, -0.2) is 36.0 Å². The number of hydrogen-bond acceptors (Lipinski definition) is 5. The van der Waals surface area contributed by atoms with Crippen LogP contribution in [0, 0.1) is 13.8 Å². The van der Waals surface area contributed by atoms with Crippen LogP contribution in [0.2, 0.25) is 0 Å². The third kappa shape index (κ3) is 4.05. The molecule has 0 saturated carbocycles. The Bertz CT molecular complexity index is 1030. The van der Waals surface area contributed by atoms with E-state index in [1.807, 2.05) is 39.8 Å². The summed E-state index contributed by atoms with van der Waals surface area (Å²) in [6.07, 6.45) is 1.31. The van der Waals surface area contributed by atoms with Gasteiger partial charge in [0.25, 0.3) is 11.8 Å². The lowest BCUT2D eigenvalue weighted by molar-refractivity contribution is -0.122. The fourth-order valence-electron chi connectivity index (χ4n) is 3.57. The SMILES string of the molecule is CCN(CC)c1ccc(/C=C2\C(=O)NC(=O)N(c3cc(C)cc(C)c3)C2=O)c(O)c1. The van der Waals surface area contributed by atoms with Gasteiger partial charge in [0.2, 0.25) is 0 Å². The minimum atomic E-state index is -0.798. The average molecular weight is 407 g/mol. The Kier molecular flexibility index (Phi) is 5.91. The second-order valence-electron chi connectivity index (χ2n) is 7.22. The molecule has 1 saturated heterocycles. The number of phenolic OH excluding ortho intramolecular Hbond substituents is 1. The zero-order valence-electron chi connectivity index (χ0n) is 17.5. The molecule has 2 aromatic rings. The van der Waals surface area contributed by atoms with Gasteiger partial charge in [-0.2, -0.15) is 0 Å². The van der Waals surface area contributed by atoms with E-state index < -0.39 is 17.8 Å². The van der Waals surface area contributed by atoms with Gasteiger partial charge < -0.3 is 10.0 Å². The molecule has 7 heteroatoms. The molecule has 4 amide bonds. The molecular weight excluding hydrogens is 382 g/mol. The quantitative estimate of drug-likeness (QED) is 0.585. The zero-order valence-corrected chi connectivity index (χ0v) is 17.5. The second kappa shape index (κ2) is 8.41. The molecule has 0 spiro atoms. The molecule has 2 aromatic carbocycles. The van der Waals surface area contributed by atoms with Crippen molar-refractivity contribution in [1.82, 2.24) is 5.32 Å². The number of aromatic hydroxyl groups is 1. The van der Waals surface area contributed by atoms with Crippen molar-refractivity contribution in [1.29, 1.82) is 0 Å². The summed E-state index contributed by atoms with van der Waals surface area (Å²) in [5.41, 5.74) is 3.09. The number of benzene rings is 2. The van der Waals surface area contributed by atoms with E-state index in [-0.39, 0.29) is 11.3 Å². The van der Waals surface area contributed by atoms with Crippen molar-refractivity contribution in [3.8, 4) is 5.75 Å². The number of phenols is 1. The first-order chi connectivity index (χ1) is 14.2. The van der Waals surface area contributed by atoms with E-state index in [0.717, 1.165) is 34.8 Å². The number of hydrogen-bond donors (Lipinski definition) is 2. The molecule has 1 fully saturated rings. The largest absolute Gasteiger partial charge is 0.507 e. The van der Waals surface area contributed by atoms with Crippen LogP contribution in [0.15, 0.2) is 42.0 Å². The molecule has 30 heavy (non-hydrogen) atoms. The van der Waals surface area contributed by atoms with E-state index >= 15 is 0 Å². The minimum Gasteiger partial charge on any atom is -0.507 e. The van der Waals surface area contributed by atoms with Gasteiger partial charge in [-0.15, -0.1) is 0 Å². The maximum absolute atomic E-state index is 13.0. The van der Waals surface area contributed by atoms with Gasteiger partial charge in [0.15, 0.2) is 0 Å². The summed E-state index contributed by atoms with van der Waals surface area (Å²) in [7, 11) is 0. The highest BCUT2D eigenvalue weighted by molar-refractivity contribution is 6.39. The summed E-state index contributed by atoms with van der Waals surface area (Å²) in [5.74, 6) is -1.58. The Morgan fingerprint density at radius 2 is 1.63 bits per heavy atom. The molecule has 156 valence electrons. The number of amides is 4. The predicted molar refractivity (Wildman–Crippen MR) is 117 cm³/mol. The third-order valence-corrected chi connectivity index (χ3v) is 5.01. The van der Waals surface area contributed by atoms with Crippen molar-refractivity contribution in [2.75, 3.05) is 22.9 Å². The first-order valence-electron chi connectivity index (χ1n) is 9.82. The zero-order chi connectivity index (χ0) is 22.0. The van der Waals surface area contributed by atoms with E-state index in [0.29, 0.717) is 11.3 Å². The lowest BCUT2D eigenvalue weighted by Crippen LogP contribution is -2.54. The molecular formula is C23H25N3O4. The van der Waals surface area contributed by atoms with Crippen molar-refractivity contribution in [2.45, 2.75) is 27.7 Å². The number of carbonyl (C=O) groups excluding carboxylic acids is 3. The predicted octanol–water partition coefficient (Wildman–Crippen LogP) is 3.52. The van der Waals surface area contributed by atoms with Crippen LogP contribution in [0.25, 0.3) is 6.08 Å². The van der Waals surface area contributed by atoms with Gasteiger partial charge in [-0.3, -0.25) is 14.9 Å². The Morgan fingerprint density at radius 3 is 2.20 bits per heavy atom. The van der Waals surface area contributed by atoms with Crippen LogP contribution < -0.4 is 15.1 Å². The van der Waals surface area contributed by atoms with Crippen LogP contribution in [0.3, 0.4) is 0 Å². The van der Waals surface area contributed by atoms with Gasteiger partial charge in [-0.1, -0.05) is 6.07 Å².